The third-order valence-corrected chi connectivity index (χ3v) is 2.24. The van der Waals surface area contributed by atoms with E-state index in [2.05, 4.69) is 0 Å². The van der Waals surface area contributed by atoms with Crippen LogP contribution < -0.4 is 5.73 Å². The maximum absolute atomic E-state index is 10.7. The fraction of sp³-hybridized carbons (Fsp3) is 0.625. The van der Waals surface area contributed by atoms with Gasteiger partial charge in [0.05, 0.1) is 5.41 Å². The van der Waals surface area contributed by atoms with Gasteiger partial charge in [0, 0.05) is 5.57 Å². The van der Waals surface area contributed by atoms with Crippen LogP contribution in [0, 0.1) is 0 Å². The molecule has 0 heterocycles. The van der Waals surface area contributed by atoms with Crippen molar-refractivity contribution in [1.29, 1.82) is 0 Å². The summed E-state index contributed by atoms with van der Waals surface area (Å²) in [5.74, 6) is -0.807. The molecular weight excluding hydrogens is 206 g/mol. The largest absolute Gasteiger partial charge is 0.366 e. The van der Waals surface area contributed by atoms with Crippen molar-refractivity contribution >= 4 is 16.0 Å². The predicted molar refractivity (Wildman–Crippen MR) is 53.0 cm³/mol. The van der Waals surface area contributed by atoms with Crippen molar-refractivity contribution < 1.29 is 17.8 Å². The summed E-state index contributed by atoms with van der Waals surface area (Å²) in [7, 11) is -4.27. The first-order valence-electron chi connectivity index (χ1n) is 4.34. The number of amides is 1. The minimum atomic E-state index is -4.27. The molecule has 0 unspecified atom stereocenters. The van der Waals surface area contributed by atoms with Gasteiger partial charge in [0.1, 0.15) is 0 Å². The van der Waals surface area contributed by atoms with Crippen LogP contribution >= 0.6 is 0 Å². The number of primary amides is 1. The van der Waals surface area contributed by atoms with E-state index < -0.39 is 16.0 Å². The first kappa shape index (κ1) is 13.1. The molecule has 82 valence electrons. The molecule has 0 rings (SSSR count). The molecule has 0 fully saturated rings. The Balaban J connectivity index is 4.47. The Morgan fingerprint density at radius 1 is 1.43 bits per heavy atom. The molecule has 0 aromatic carbocycles. The minimum absolute atomic E-state index is 0.0547. The Morgan fingerprint density at radius 2 is 2.00 bits per heavy atom. The summed E-state index contributed by atoms with van der Waals surface area (Å²) in [6.45, 7) is 1.98. The van der Waals surface area contributed by atoms with Crippen molar-refractivity contribution in [2.24, 2.45) is 5.73 Å². The lowest BCUT2D eigenvalue weighted by Gasteiger charge is -2.01. The molecule has 0 saturated heterocycles. The molecule has 1 amide bonds. The predicted octanol–water partition coefficient (Wildman–Crippen LogP) is 0.824. The van der Waals surface area contributed by atoms with E-state index in [4.69, 9.17) is 10.3 Å². The Hall–Kier alpha value is -0.880. The van der Waals surface area contributed by atoms with Gasteiger partial charge in [-0.2, -0.15) is 8.42 Å². The average Bonchev–Trinajstić information content (AvgIpc) is 2.00. The van der Waals surface area contributed by atoms with Crippen LogP contribution in [0.25, 0.3) is 0 Å². The number of nitrogens with two attached hydrogens (primary N) is 1. The van der Waals surface area contributed by atoms with Crippen LogP contribution in [0.3, 0.4) is 0 Å². The second-order valence-electron chi connectivity index (χ2n) is 2.98. The van der Waals surface area contributed by atoms with Crippen LogP contribution in [0.4, 0.5) is 0 Å². The van der Waals surface area contributed by atoms with Gasteiger partial charge in [-0.1, -0.05) is 19.8 Å². The van der Waals surface area contributed by atoms with E-state index >= 15 is 0 Å². The fourth-order valence-electron chi connectivity index (χ4n) is 0.985. The van der Waals surface area contributed by atoms with E-state index in [0.29, 0.717) is 11.8 Å². The fourth-order valence-corrected chi connectivity index (χ4v) is 1.58. The van der Waals surface area contributed by atoms with E-state index in [0.717, 1.165) is 12.8 Å². The van der Waals surface area contributed by atoms with Crippen LogP contribution in [0.2, 0.25) is 0 Å². The molecule has 0 aromatic heterocycles. The molecule has 0 saturated carbocycles. The highest BCUT2D eigenvalue weighted by Gasteiger charge is 2.09. The highest BCUT2D eigenvalue weighted by molar-refractivity contribution is 7.88. The van der Waals surface area contributed by atoms with Gasteiger partial charge in [0.2, 0.25) is 5.91 Å². The van der Waals surface area contributed by atoms with Crippen LogP contribution in [0.15, 0.2) is 11.0 Å². The van der Waals surface area contributed by atoms with Gasteiger partial charge in [-0.3, -0.25) is 9.35 Å². The van der Waals surface area contributed by atoms with Gasteiger partial charge in [0.15, 0.2) is 0 Å². The molecule has 6 heteroatoms. The Kier molecular flexibility index (Phi) is 5.40. The molecule has 0 atom stereocenters. The van der Waals surface area contributed by atoms with Crippen molar-refractivity contribution in [2.75, 3.05) is 0 Å². The molecule has 0 aliphatic carbocycles. The third-order valence-electron chi connectivity index (χ3n) is 1.66. The summed E-state index contributed by atoms with van der Waals surface area (Å²) in [4.78, 5) is 10.7. The zero-order chi connectivity index (χ0) is 11.2. The standard InChI is InChI=1S/C8H15NO4S/c1-2-3-4-5-7(8(9)10)6-14(11,12)13/h6H,2-5H2,1H3,(H2,9,10)(H,11,12,13)/b7-6+. The molecule has 0 radical (unpaired) electrons. The second kappa shape index (κ2) is 5.77. The van der Waals surface area contributed by atoms with E-state index in [-0.39, 0.29) is 12.0 Å². The lowest BCUT2D eigenvalue weighted by Crippen LogP contribution is -2.15. The van der Waals surface area contributed by atoms with Gasteiger partial charge in [0.25, 0.3) is 10.1 Å². The van der Waals surface area contributed by atoms with Gasteiger partial charge in [-0.25, -0.2) is 0 Å². The quantitative estimate of drug-likeness (QED) is 0.394. The molecule has 0 bridgehead atoms. The van der Waals surface area contributed by atoms with E-state index in [1.807, 2.05) is 6.92 Å². The van der Waals surface area contributed by atoms with E-state index in [1.165, 1.54) is 0 Å². The van der Waals surface area contributed by atoms with Crippen molar-refractivity contribution in [2.45, 2.75) is 32.6 Å². The molecular formula is C8H15NO4S. The summed E-state index contributed by atoms with van der Waals surface area (Å²) < 4.78 is 29.4. The highest BCUT2D eigenvalue weighted by Crippen LogP contribution is 2.09. The Morgan fingerprint density at radius 3 is 2.36 bits per heavy atom. The zero-order valence-corrected chi connectivity index (χ0v) is 8.88. The smallest absolute Gasteiger partial charge is 0.288 e. The number of rotatable bonds is 6. The summed E-state index contributed by atoms with van der Waals surface area (Å²) in [6, 6.07) is 0. The first-order valence-corrected chi connectivity index (χ1v) is 5.85. The molecule has 0 spiro atoms. The normalized spacial score (nSPS) is 12.9. The molecule has 0 aromatic rings. The molecule has 3 N–H and O–H groups in total. The summed E-state index contributed by atoms with van der Waals surface area (Å²) in [5.41, 5.74) is 4.89. The van der Waals surface area contributed by atoms with Crippen LogP contribution in [-0.4, -0.2) is 18.9 Å². The molecule has 0 aliphatic heterocycles. The lowest BCUT2D eigenvalue weighted by molar-refractivity contribution is -0.114. The third kappa shape index (κ3) is 6.62. The van der Waals surface area contributed by atoms with Gasteiger partial charge in [-0.15, -0.1) is 0 Å². The van der Waals surface area contributed by atoms with E-state index in [9.17, 15) is 13.2 Å². The number of carbonyl (C=O) groups excluding carboxylic acids is 1. The van der Waals surface area contributed by atoms with Gasteiger partial charge in [-0.05, 0) is 12.8 Å². The average molecular weight is 221 g/mol. The van der Waals surface area contributed by atoms with Crippen LogP contribution in [0.1, 0.15) is 32.6 Å². The number of hydrogen-bond acceptors (Lipinski definition) is 3. The summed E-state index contributed by atoms with van der Waals surface area (Å²) >= 11 is 0. The maximum Gasteiger partial charge on any atom is 0.288 e. The number of unbranched alkanes of at least 4 members (excludes halogenated alkanes) is 2. The second-order valence-corrected chi connectivity index (χ2v) is 4.25. The van der Waals surface area contributed by atoms with Crippen molar-refractivity contribution in [3.05, 3.63) is 11.0 Å². The SMILES string of the molecule is CCCCC/C(=C\S(=O)(=O)O)C(N)=O. The Bertz CT molecular complexity index is 318. The van der Waals surface area contributed by atoms with Crippen molar-refractivity contribution in [3.63, 3.8) is 0 Å². The monoisotopic (exact) mass is 221 g/mol. The minimum Gasteiger partial charge on any atom is -0.366 e. The van der Waals surface area contributed by atoms with Crippen molar-refractivity contribution in [1.82, 2.24) is 0 Å². The van der Waals surface area contributed by atoms with Gasteiger partial charge < -0.3 is 5.73 Å². The van der Waals surface area contributed by atoms with E-state index in [1.54, 1.807) is 0 Å². The number of carbonyl (C=O) groups is 1. The van der Waals surface area contributed by atoms with Gasteiger partial charge >= 0.3 is 0 Å². The molecule has 14 heavy (non-hydrogen) atoms. The topological polar surface area (TPSA) is 97.5 Å². The van der Waals surface area contributed by atoms with Crippen LogP contribution in [-0.2, 0) is 14.9 Å². The van der Waals surface area contributed by atoms with Crippen molar-refractivity contribution in [3.8, 4) is 0 Å². The van der Waals surface area contributed by atoms with Crippen LogP contribution in [0.5, 0.6) is 0 Å². The Labute approximate surface area is 83.7 Å². The summed E-state index contributed by atoms with van der Waals surface area (Å²) in [6.07, 6.45) is 2.80. The molecule has 0 aliphatic rings. The lowest BCUT2D eigenvalue weighted by atomic mass is 10.1. The molecule has 5 nitrogen and oxygen atoms in total. The zero-order valence-electron chi connectivity index (χ0n) is 8.06. The highest BCUT2D eigenvalue weighted by atomic mass is 32.2. The summed E-state index contributed by atoms with van der Waals surface area (Å²) in [5, 5.41) is 0.519. The first-order chi connectivity index (χ1) is 6.37. The number of hydrogen-bond donors (Lipinski definition) is 2. The maximum atomic E-state index is 10.7.